The highest BCUT2D eigenvalue weighted by molar-refractivity contribution is 7.87. The maximum Gasteiger partial charge on any atom is 0.437 e. The van der Waals surface area contributed by atoms with Crippen molar-refractivity contribution in [3.05, 3.63) is 168 Å². The Morgan fingerprint density at radius 1 is 0.382 bits per heavy atom. The van der Waals surface area contributed by atoms with Crippen LogP contribution in [0.4, 0.5) is 26.3 Å². The van der Waals surface area contributed by atoms with E-state index in [0.717, 1.165) is 35.4 Å². The van der Waals surface area contributed by atoms with Gasteiger partial charge in [0.2, 0.25) is 0 Å². The van der Waals surface area contributed by atoms with Gasteiger partial charge in [0.1, 0.15) is 31.1 Å². The monoisotopic (exact) mass is 1020 g/mol. The highest BCUT2D eigenvalue weighted by Crippen LogP contribution is 2.31. The molecule has 0 aromatic heterocycles. The van der Waals surface area contributed by atoms with Crippen molar-refractivity contribution in [3.8, 4) is 11.5 Å². The lowest BCUT2D eigenvalue weighted by Gasteiger charge is -2.13. The van der Waals surface area contributed by atoms with Crippen molar-refractivity contribution in [2.75, 3.05) is 0 Å². The molecule has 7 rings (SSSR count). The van der Waals surface area contributed by atoms with E-state index in [0.29, 0.717) is 24.3 Å². The van der Waals surface area contributed by atoms with E-state index in [2.05, 4.69) is 18.9 Å². The molecule has 0 spiro atoms. The molecule has 0 aliphatic heterocycles. The van der Waals surface area contributed by atoms with Crippen LogP contribution in [-0.4, -0.2) is 57.4 Å². The fourth-order valence-corrected chi connectivity index (χ4v) is 9.53. The molecule has 0 aliphatic carbocycles. The molecule has 0 radical (unpaired) electrons. The number of alkyl halides is 6. The van der Waals surface area contributed by atoms with Gasteiger partial charge in [0.05, 0.1) is 0 Å². The maximum atomic E-state index is 14.2. The molecular weight excluding hydrogens is 991 g/mol. The van der Waals surface area contributed by atoms with Crippen LogP contribution in [0.15, 0.2) is 175 Å². The average Bonchev–Trinajstić information content (AvgIpc) is 3.25. The number of halogens is 6. The number of hydrogen-bond acceptors (Lipinski definition) is 14. The SMILES string of the molecule is Cc1ccc(S(=O)(=O)Oc2ccc3cc(S(=O)(=O)O/N=C(/c4ccc(/C(=N\OS(=O)(=O)c5ccc6cc(OS(=O)(=O)c7ccc(C)cc7)ccc6c5)C(F)(F)F)cc4)C(F)(F)F)ccc3c2)cc1. The molecule has 0 saturated heterocycles. The minimum absolute atomic E-state index is 0.128. The minimum Gasteiger partial charge on any atom is -0.379 e. The van der Waals surface area contributed by atoms with E-state index < -0.39 is 85.2 Å². The summed E-state index contributed by atoms with van der Waals surface area (Å²) in [6.45, 7) is 3.52. The zero-order chi connectivity index (χ0) is 49.5. The first kappa shape index (κ1) is 48.9. The molecule has 0 saturated carbocycles. The molecule has 0 heterocycles. The average molecular weight is 1020 g/mol. The minimum atomic E-state index is -5.44. The summed E-state index contributed by atoms with van der Waals surface area (Å²) >= 11 is 0. The third kappa shape index (κ3) is 11.2. The molecule has 14 nitrogen and oxygen atoms in total. The first-order chi connectivity index (χ1) is 31.7. The van der Waals surface area contributed by atoms with Gasteiger partial charge in [0, 0.05) is 11.1 Å². The second kappa shape index (κ2) is 18.2. The number of oxime groups is 2. The largest absolute Gasteiger partial charge is 0.437 e. The van der Waals surface area contributed by atoms with E-state index in [1.54, 1.807) is 38.1 Å². The van der Waals surface area contributed by atoms with Crippen molar-refractivity contribution >= 4 is 73.4 Å². The first-order valence-electron chi connectivity index (χ1n) is 19.1. The van der Waals surface area contributed by atoms with Crippen LogP contribution in [0.3, 0.4) is 0 Å². The van der Waals surface area contributed by atoms with Gasteiger partial charge in [0.15, 0.2) is 11.4 Å². The van der Waals surface area contributed by atoms with E-state index in [4.69, 9.17) is 8.37 Å². The molecule has 354 valence electrons. The summed E-state index contributed by atoms with van der Waals surface area (Å²) in [5.41, 5.74) is -4.32. The molecule has 68 heavy (non-hydrogen) atoms. The van der Waals surface area contributed by atoms with Crippen LogP contribution in [0.5, 0.6) is 11.5 Å². The molecule has 7 aromatic carbocycles. The first-order valence-corrected chi connectivity index (χ1v) is 24.7. The number of hydrogen-bond donors (Lipinski definition) is 0. The van der Waals surface area contributed by atoms with Gasteiger partial charge in [-0.1, -0.05) is 94.2 Å². The molecule has 7 aromatic rings. The van der Waals surface area contributed by atoms with Crippen LogP contribution in [-0.2, 0) is 49.0 Å². The van der Waals surface area contributed by atoms with Crippen molar-refractivity contribution in [2.24, 2.45) is 10.3 Å². The smallest absolute Gasteiger partial charge is 0.379 e. The number of aryl methyl sites for hydroxylation is 2. The summed E-state index contributed by atoms with van der Waals surface area (Å²) in [5, 5.41) is 6.43. The lowest BCUT2D eigenvalue weighted by Crippen LogP contribution is -2.26. The molecule has 0 amide bonds. The summed E-state index contributed by atoms with van der Waals surface area (Å²) in [4.78, 5) is -1.61. The zero-order valence-electron chi connectivity index (χ0n) is 34.6. The molecule has 0 bridgehead atoms. The van der Waals surface area contributed by atoms with Crippen molar-refractivity contribution in [2.45, 2.75) is 45.8 Å². The second-order valence-electron chi connectivity index (χ2n) is 14.6. The summed E-state index contributed by atoms with van der Waals surface area (Å²) < 4.78 is 207. The van der Waals surface area contributed by atoms with Crippen molar-refractivity contribution < 1.29 is 76.9 Å². The summed E-state index contributed by atoms with van der Waals surface area (Å²) in [5.74, 6) is -0.272. The van der Waals surface area contributed by atoms with Crippen molar-refractivity contribution in [1.29, 1.82) is 0 Å². The highest BCUT2D eigenvalue weighted by atomic mass is 32.2. The molecular formula is C44H30F6N2O12S4. The third-order valence-electron chi connectivity index (χ3n) is 9.60. The number of rotatable bonds is 14. The Bertz CT molecular complexity index is 3370. The van der Waals surface area contributed by atoms with Gasteiger partial charge in [0.25, 0.3) is 0 Å². The van der Waals surface area contributed by atoms with Crippen molar-refractivity contribution in [3.63, 3.8) is 0 Å². The Labute approximate surface area is 384 Å². The number of benzene rings is 7. The predicted octanol–water partition coefficient (Wildman–Crippen LogP) is 9.49. The van der Waals surface area contributed by atoms with Crippen LogP contribution in [0.25, 0.3) is 21.5 Å². The topological polar surface area (TPSA) is 198 Å². The lowest BCUT2D eigenvalue weighted by molar-refractivity contribution is -0.0608. The Morgan fingerprint density at radius 2 is 0.676 bits per heavy atom. The highest BCUT2D eigenvalue weighted by Gasteiger charge is 2.41. The predicted molar refractivity (Wildman–Crippen MR) is 234 cm³/mol. The van der Waals surface area contributed by atoms with E-state index in [1.807, 2.05) is 0 Å². The van der Waals surface area contributed by atoms with E-state index in [9.17, 15) is 60.0 Å². The van der Waals surface area contributed by atoms with Gasteiger partial charge in [-0.25, -0.2) is 0 Å². The van der Waals surface area contributed by atoms with E-state index in [1.165, 1.54) is 72.8 Å². The third-order valence-corrected chi connectivity index (χ3v) is 14.3. The fraction of sp³-hybridized carbons (Fsp3) is 0.0909. The molecule has 0 N–H and O–H groups in total. The molecule has 0 atom stereocenters. The van der Waals surface area contributed by atoms with Gasteiger partial charge in [-0.2, -0.15) is 60.0 Å². The summed E-state index contributed by atoms with van der Waals surface area (Å²) in [6, 6.07) is 27.3. The van der Waals surface area contributed by atoms with Gasteiger partial charge >= 0.3 is 52.8 Å². The van der Waals surface area contributed by atoms with E-state index in [-0.39, 0.29) is 42.8 Å². The van der Waals surface area contributed by atoms with Gasteiger partial charge in [-0.3, -0.25) is 8.57 Å². The summed E-state index contributed by atoms with van der Waals surface area (Å²) in [6.07, 6.45) is -10.9. The van der Waals surface area contributed by atoms with E-state index >= 15 is 0 Å². The zero-order valence-corrected chi connectivity index (χ0v) is 37.8. The molecule has 0 aliphatic rings. The van der Waals surface area contributed by atoms with Gasteiger partial charge in [-0.15, -0.1) is 0 Å². The van der Waals surface area contributed by atoms with Gasteiger partial charge < -0.3 is 8.37 Å². The normalized spacial score (nSPS) is 13.4. The van der Waals surface area contributed by atoms with Gasteiger partial charge in [-0.05, 0) is 108 Å². The maximum absolute atomic E-state index is 14.2. The molecule has 0 unspecified atom stereocenters. The number of nitrogens with zero attached hydrogens (tertiary/aromatic N) is 2. The summed E-state index contributed by atoms with van der Waals surface area (Å²) in [7, 11) is -18.7. The Kier molecular flexibility index (Phi) is 13.1. The van der Waals surface area contributed by atoms with Crippen LogP contribution in [0.2, 0.25) is 0 Å². The molecule has 0 fully saturated rings. The number of fused-ring (bicyclic) bond motifs is 2. The Balaban J connectivity index is 1.07. The van der Waals surface area contributed by atoms with Crippen LogP contribution in [0, 0.1) is 13.8 Å². The molecule has 24 heteroatoms. The second-order valence-corrected chi connectivity index (χ2v) is 20.7. The van der Waals surface area contributed by atoms with Crippen LogP contribution < -0.4 is 8.37 Å². The quantitative estimate of drug-likeness (QED) is 0.0433. The lowest BCUT2D eigenvalue weighted by atomic mass is 10.0. The standard InChI is InChI=1S/C44H30F6N2O12S4/c1-27-3-17-37(18-4-27)65(53,54)61-35-15-11-33-25-39(21-13-31(33)23-35)67(57,58)63-51-41(43(45,46)47)29-7-9-30(10-8-29)42(44(48,49)50)52-64-68(59,60)40-22-14-32-24-36(16-12-34(32)26-40)62-66(55,56)38-19-5-28(2)6-20-38/h3-26H,1-2H3/b51-41-,52-42+. The van der Waals surface area contributed by atoms with Crippen LogP contribution in [0.1, 0.15) is 22.3 Å². The Hall–Kier alpha value is -7.02. The van der Waals surface area contributed by atoms with Crippen molar-refractivity contribution in [1.82, 2.24) is 0 Å². The van der Waals surface area contributed by atoms with Crippen LogP contribution >= 0.6 is 0 Å². The Morgan fingerprint density at radius 3 is 1.00 bits per heavy atom. The fourth-order valence-electron chi connectivity index (χ4n) is 6.16.